The summed E-state index contributed by atoms with van der Waals surface area (Å²) in [5, 5.41) is 6.06. The van der Waals surface area contributed by atoms with E-state index in [1.165, 1.54) is 19.3 Å². The minimum atomic E-state index is -0.165. The van der Waals surface area contributed by atoms with Crippen LogP contribution in [-0.4, -0.2) is 55.0 Å². The molecule has 1 aliphatic carbocycles. The van der Waals surface area contributed by atoms with Gasteiger partial charge in [0.2, 0.25) is 11.8 Å². The fourth-order valence-electron chi connectivity index (χ4n) is 3.65. The van der Waals surface area contributed by atoms with E-state index >= 15 is 0 Å². The summed E-state index contributed by atoms with van der Waals surface area (Å²) >= 11 is 0. The van der Waals surface area contributed by atoms with Gasteiger partial charge in [-0.15, -0.1) is 0 Å². The number of nitrogens with one attached hydrogen (secondary N) is 2. The number of carbonyl (C=O) groups excluding carboxylic acids is 2. The second kappa shape index (κ2) is 9.23. The molecule has 2 fully saturated rings. The molecule has 2 amide bonds. The maximum atomic E-state index is 12.5. The number of carbonyl (C=O) groups is 2. The first-order valence-corrected chi connectivity index (χ1v) is 9.14. The van der Waals surface area contributed by atoms with Gasteiger partial charge in [-0.05, 0) is 39.2 Å². The third-order valence-electron chi connectivity index (χ3n) is 5.15. The molecule has 1 saturated heterocycles. The molecule has 2 aliphatic rings. The number of nitrogens with two attached hydrogens (primary N) is 1. The molecule has 0 aromatic rings. The van der Waals surface area contributed by atoms with E-state index < -0.39 is 0 Å². The van der Waals surface area contributed by atoms with E-state index in [0.29, 0.717) is 25.7 Å². The standard InChI is InChI=1S/C17H32N4O2/c1-13(16(22)20-15-7-3-2-4-8-15)21-11-5-6-14(12-21)17(23)19-10-9-18/h13-15H,2-12,18H2,1H3,(H,19,23)(H,20,22). The van der Waals surface area contributed by atoms with Crippen LogP contribution in [0.25, 0.3) is 0 Å². The topological polar surface area (TPSA) is 87.5 Å². The molecule has 1 aliphatic heterocycles. The van der Waals surface area contributed by atoms with Crippen molar-refractivity contribution in [2.45, 2.75) is 64.0 Å². The lowest BCUT2D eigenvalue weighted by Crippen LogP contribution is -2.53. The molecular formula is C17H32N4O2. The van der Waals surface area contributed by atoms with Crippen LogP contribution in [0.15, 0.2) is 0 Å². The Morgan fingerprint density at radius 2 is 1.91 bits per heavy atom. The SMILES string of the molecule is CC(C(=O)NC1CCCCC1)N1CCCC(C(=O)NCCN)C1. The van der Waals surface area contributed by atoms with E-state index in [2.05, 4.69) is 15.5 Å². The van der Waals surface area contributed by atoms with Gasteiger partial charge in [-0.25, -0.2) is 0 Å². The Morgan fingerprint density at radius 3 is 2.61 bits per heavy atom. The number of likely N-dealkylation sites (tertiary alicyclic amines) is 1. The molecule has 0 radical (unpaired) electrons. The number of nitrogens with zero attached hydrogens (tertiary/aromatic N) is 1. The fraction of sp³-hybridized carbons (Fsp3) is 0.882. The maximum absolute atomic E-state index is 12.5. The molecule has 1 heterocycles. The van der Waals surface area contributed by atoms with Crippen LogP contribution < -0.4 is 16.4 Å². The zero-order valence-corrected chi connectivity index (χ0v) is 14.4. The van der Waals surface area contributed by atoms with Crippen LogP contribution in [0.4, 0.5) is 0 Å². The van der Waals surface area contributed by atoms with Crippen molar-refractivity contribution in [2.24, 2.45) is 11.7 Å². The molecule has 0 aromatic heterocycles. The fourth-order valence-corrected chi connectivity index (χ4v) is 3.65. The van der Waals surface area contributed by atoms with Gasteiger partial charge in [0, 0.05) is 25.7 Å². The Balaban J connectivity index is 1.81. The first-order chi connectivity index (χ1) is 11.1. The average molecular weight is 324 g/mol. The van der Waals surface area contributed by atoms with E-state index in [-0.39, 0.29) is 23.8 Å². The summed E-state index contributed by atoms with van der Waals surface area (Å²) in [5.74, 6) is 0.153. The van der Waals surface area contributed by atoms with Crippen LogP contribution in [0.1, 0.15) is 51.9 Å². The summed E-state index contributed by atoms with van der Waals surface area (Å²) in [4.78, 5) is 26.8. The third-order valence-corrected chi connectivity index (χ3v) is 5.15. The molecule has 23 heavy (non-hydrogen) atoms. The van der Waals surface area contributed by atoms with Gasteiger partial charge < -0.3 is 16.4 Å². The molecule has 0 spiro atoms. The van der Waals surface area contributed by atoms with E-state index in [4.69, 9.17) is 5.73 Å². The smallest absolute Gasteiger partial charge is 0.237 e. The van der Waals surface area contributed by atoms with Gasteiger partial charge >= 0.3 is 0 Å². The van der Waals surface area contributed by atoms with Crippen LogP contribution >= 0.6 is 0 Å². The Kier molecular flexibility index (Phi) is 7.30. The summed E-state index contributed by atoms with van der Waals surface area (Å²) in [6, 6.07) is 0.175. The van der Waals surface area contributed by atoms with Crippen molar-refractivity contribution in [2.75, 3.05) is 26.2 Å². The second-order valence-electron chi connectivity index (χ2n) is 6.93. The molecule has 1 saturated carbocycles. The van der Waals surface area contributed by atoms with E-state index in [1.807, 2.05) is 6.92 Å². The Labute approximate surface area is 139 Å². The van der Waals surface area contributed by atoms with Crippen molar-refractivity contribution in [3.8, 4) is 0 Å². The predicted molar refractivity (Wildman–Crippen MR) is 90.8 cm³/mol. The normalized spacial score (nSPS) is 24.9. The van der Waals surface area contributed by atoms with Crippen molar-refractivity contribution in [1.82, 2.24) is 15.5 Å². The van der Waals surface area contributed by atoms with Crippen molar-refractivity contribution in [3.63, 3.8) is 0 Å². The van der Waals surface area contributed by atoms with Gasteiger partial charge in [-0.1, -0.05) is 19.3 Å². The lowest BCUT2D eigenvalue weighted by molar-refractivity contribution is -0.131. The van der Waals surface area contributed by atoms with Crippen molar-refractivity contribution < 1.29 is 9.59 Å². The predicted octanol–water partition coefficient (Wildman–Crippen LogP) is 0.611. The van der Waals surface area contributed by atoms with Gasteiger partial charge in [-0.2, -0.15) is 0 Å². The van der Waals surface area contributed by atoms with Crippen LogP contribution in [-0.2, 0) is 9.59 Å². The van der Waals surface area contributed by atoms with E-state index in [0.717, 1.165) is 32.2 Å². The second-order valence-corrected chi connectivity index (χ2v) is 6.93. The maximum Gasteiger partial charge on any atom is 0.237 e. The monoisotopic (exact) mass is 324 g/mol. The average Bonchev–Trinajstić information content (AvgIpc) is 2.60. The molecule has 132 valence electrons. The molecular weight excluding hydrogens is 292 g/mol. The van der Waals surface area contributed by atoms with E-state index in [1.54, 1.807) is 0 Å². The molecule has 2 unspecified atom stereocenters. The highest BCUT2D eigenvalue weighted by Gasteiger charge is 2.31. The molecule has 6 heteroatoms. The quantitative estimate of drug-likeness (QED) is 0.668. The Bertz CT molecular complexity index is 396. The minimum absolute atomic E-state index is 0.0276. The zero-order valence-electron chi connectivity index (χ0n) is 14.4. The van der Waals surface area contributed by atoms with Gasteiger partial charge in [0.05, 0.1) is 12.0 Å². The van der Waals surface area contributed by atoms with Gasteiger partial charge in [-0.3, -0.25) is 14.5 Å². The molecule has 6 nitrogen and oxygen atoms in total. The lowest BCUT2D eigenvalue weighted by atomic mass is 9.94. The zero-order chi connectivity index (χ0) is 16.7. The van der Waals surface area contributed by atoms with Crippen molar-refractivity contribution in [3.05, 3.63) is 0 Å². The van der Waals surface area contributed by atoms with Crippen LogP contribution in [0.2, 0.25) is 0 Å². The van der Waals surface area contributed by atoms with Crippen molar-refractivity contribution in [1.29, 1.82) is 0 Å². The lowest BCUT2D eigenvalue weighted by Gasteiger charge is -2.36. The Hall–Kier alpha value is -1.14. The van der Waals surface area contributed by atoms with Crippen LogP contribution in [0.3, 0.4) is 0 Å². The Morgan fingerprint density at radius 1 is 1.17 bits per heavy atom. The van der Waals surface area contributed by atoms with Crippen LogP contribution in [0.5, 0.6) is 0 Å². The summed E-state index contributed by atoms with van der Waals surface area (Å²) in [6.45, 7) is 4.49. The summed E-state index contributed by atoms with van der Waals surface area (Å²) in [6.07, 6.45) is 7.77. The molecule has 0 aromatic carbocycles. The molecule has 0 bridgehead atoms. The first kappa shape index (κ1) is 18.2. The van der Waals surface area contributed by atoms with Gasteiger partial charge in [0.1, 0.15) is 0 Å². The van der Waals surface area contributed by atoms with Gasteiger partial charge in [0.25, 0.3) is 0 Å². The number of hydrogen-bond donors (Lipinski definition) is 3. The number of rotatable bonds is 6. The number of piperidine rings is 1. The van der Waals surface area contributed by atoms with Crippen LogP contribution in [0, 0.1) is 5.92 Å². The van der Waals surface area contributed by atoms with Crippen molar-refractivity contribution >= 4 is 11.8 Å². The highest BCUT2D eigenvalue weighted by atomic mass is 16.2. The van der Waals surface area contributed by atoms with E-state index in [9.17, 15) is 9.59 Å². The van der Waals surface area contributed by atoms with Gasteiger partial charge in [0.15, 0.2) is 0 Å². The minimum Gasteiger partial charge on any atom is -0.355 e. The summed E-state index contributed by atoms with van der Waals surface area (Å²) in [5.41, 5.74) is 5.43. The summed E-state index contributed by atoms with van der Waals surface area (Å²) < 4.78 is 0. The molecule has 2 atom stereocenters. The molecule has 2 rings (SSSR count). The largest absolute Gasteiger partial charge is 0.355 e. The summed E-state index contributed by atoms with van der Waals surface area (Å²) in [7, 11) is 0. The highest BCUT2D eigenvalue weighted by Crippen LogP contribution is 2.20. The third kappa shape index (κ3) is 5.46. The molecule has 4 N–H and O–H groups in total. The first-order valence-electron chi connectivity index (χ1n) is 9.14. The number of amides is 2. The number of hydrogen-bond acceptors (Lipinski definition) is 4. The highest BCUT2D eigenvalue weighted by molar-refractivity contribution is 5.82.